The van der Waals surface area contributed by atoms with Gasteiger partial charge < -0.3 is 14.0 Å². The van der Waals surface area contributed by atoms with Gasteiger partial charge in [0.25, 0.3) is 15.7 Å². The van der Waals surface area contributed by atoms with E-state index in [9.17, 15) is 18.5 Å². The first kappa shape index (κ1) is 26.1. The highest BCUT2D eigenvalue weighted by atomic mass is 32.2. The molecular formula is C25H32N4O6S. The summed E-state index contributed by atoms with van der Waals surface area (Å²) in [6, 6.07) is 10.7. The van der Waals surface area contributed by atoms with Gasteiger partial charge in [-0.15, -0.1) is 0 Å². The molecule has 2 aromatic carbocycles. The van der Waals surface area contributed by atoms with E-state index in [0.29, 0.717) is 17.1 Å². The first-order chi connectivity index (χ1) is 17.1. The Kier molecular flexibility index (Phi) is 7.35. The summed E-state index contributed by atoms with van der Waals surface area (Å²) in [5.74, 6) is 1.20. The van der Waals surface area contributed by atoms with Crippen LogP contribution in [0.1, 0.15) is 39.4 Å². The maximum atomic E-state index is 13.5. The van der Waals surface area contributed by atoms with Crippen molar-refractivity contribution >= 4 is 32.4 Å². The molecule has 1 saturated heterocycles. The molecule has 10 nitrogen and oxygen atoms in total. The lowest BCUT2D eigenvalue weighted by molar-refractivity contribution is -0.387. The second kappa shape index (κ2) is 10.2. The minimum Gasteiger partial charge on any atom is -0.381 e. The van der Waals surface area contributed by atoms with Crippen LogP contribution < -0.4 is 4.31 Å². The van der Waals surface area contributed by atoms with Crippen molar-refractivity contribution in [2.24, 2.45) is 5.92 Å². The number of para-hydroxylation sites is 1. The number of nitro benzene ring substituents is 1. The van der Waals surface area contributed by atoms with E-state index >= 15 is 0 Å². The smallest absolute Gasteiger partial charge is 0.289 e. The zero-order valence-corrected chi connectivity index (χ0v) is 21.8. The van der Waals surface area contributed by atoms with E-state index in [0.717, 1.165) is 43.9 Å². The molecule has 1 aliphatic heterocycles. The van der Waals surface area contributed by atoms with Gasteiger partial charge in [0.2, 0.25) is 0 Å². The van der Waals surface area contributed by atoms with Crippen molar-refractivity contribution in [2.45, 2.75) is 50.7 Å². The molecule has 0 spiro atoms. The van der Waals surface area contributed by atoms with E-state index in [1.165, 1.54) is 28.6 Å². The molecule has 0 saturated carbocycles. The summed E-state index contributed by atoms with van der Waals surface area (Å²) in [6.07, 6.45) is 1.92. The first-order valence-corrected chi connectivity index (χ1v) is 13.4. The average Bonchev–Trinajstić information content (AvgIpc) is 3.23. The number of imidazole rings is 1. The average molecular weight is 517 g/mol. The second-order valence-electron chi connectivity index (χ2n) is 9.38. The van der Waals surface area contributed by atoms with E-state index in [1.54, 1.807) is 26.2 Å². The molecule has 0 amide bonds. The molecule has 2 heterocycles. The molecule has 3 aromatic rings. The van der Waals surface area contributed by atoms with E-state index in [1.807, 2.05) is 19.9 Å². The van der Waals surface area contributed by atoms with Crippen molar-refractivity contribution in [2.75, 3.05) is 31.2 Å². The molecule has 11 heteroatoms. The van der Waals surface area contributed by atoms with Gasteiger partial charge in [0.15, 0.2) is 4.90 Å². The largest absolute Gasteiger partial charge is 0.381 e. The topological polar surface area (TPSA) is 117 Å². The van der Waals surface area contributed by atoms with Crippen LogP contribution in [0.25, 0.3) is 11.0 Å². The summed E-state index contributed by atoms with van der Waals surface area (Å²) >= 11 is 0. The first-order valence-electron chi connectivity index (χ1n) is 12.0. The molecule has 4 rings (SSSR count). The Bertz CT molecular complexity index is 1360. The number of nitro groups is 1. The molecule has 1 fully saturated rings. The number of ether oxygens (including phenoxy) is 2. The van der Waals surface area contributed by atoms with Gasteiger partial charge in [0.1, 0.15) is 11.4 Å². The molecule has 0 N–H and O–H groups in total. The lowest BCUT2D eigenvalue weighted by atomic mass is 9.99. The predicted molar refractivity (Wildman–Crippen MR) is 137 cm³/mol. The van der Waals surface area contributed by atoms with Gasteiger partial charge in [-0.25, -0.2) is 13.4 Å². The highest BCUT2D eigenvalue weighted by Gasteiger charge is 2.32. The van der Waals surface area contributed by atoms with Crippen molar-refractivity contribution in [3.63, 3.8) is 0 Å². The molecule has 36 heavy (non-hydrogen) atoms. The molecule has 0 aliphatic carbocycles. The molecule has 1 aromatic heterocycles. The molecule has 0 unspecified atom stereocenters. The summed E-state index contributed by atoms with van der Waals surface area (Å²) in [7, 11) is -2.55. The summed E-state index contributed by atoms with van der Waals surface area (Å²) in [4.78, 5) is 15.4. The van der Waals surface area contributed by atoms with Gasteiger partial charge in [0, 0.05) is 39.5 Å². The van der Waals surface area contributed by atoms with Crippen LogP contribution in [0.5, 0.6) is 0 Å². The van der Waals surface area contributed by atoms with Gasteiger partial charge in [-0.1, -0.05) is 12.1 Å². The zero-order valence-electron chi connectivity index (χ0n) is 21.0. The maximum Gasteiger partial charge on any atom is 0.289 e. The molecule has 0 atom stereocenters. The van der Waals surface area contributed by atoms with Crippen LogP contribution in [-0.4, -0.2) is 49.8 Å². The SMILES string of the molecule is CCN(c1ccc2c(c1)nc(C(C)(C)OC)n2CC1CCOCC1)S(=O)(=O)c1ccccc1[N+](=O)[O-]. The Morgan fingerprint density at radius 3 is 2.56 bits per heavy atom. The van der Waals surface area contributed by atoms with Gasteiger partial charge in [-0.05, 0) is 63.8 Å². The fourth-order valence-corrected chi connectivity index (χ4v) is 6.26. The third-order valence-corrected chi connectivity index (χ3v) is 8.72. The predicted octanol–water partition coefficient (Wildman–Crippen LogP) is 4.47. The number of hydrogen-bond acceptors (Lipinski definition) is 7. The van der Waals surface area contributed by atoms with Crippen LogP contribution in [0, 0.1) is 16.0 Å². The minimum atomic E-state index is -4.19. The summed E-state index contributed by atoms with van der Waals surface area (Å²) in [6.45, 7) is 7.92. The maximum absolute atomic E-state index is 13.5. The number of sulfonamides is 1. The van der Waals surface area contributed by atoms with Gasteiger partial charge in [-0.3, -0.25) is 14.4 Å². The Balaban J connectivity index is 1.80. The molecular weight excluding hydrogens is 484 g/mol. The van der Waals surface area contributed by atoms with Crippen LogP contribution in [0.3, 0.4) is 0 Å². The van der Waals surface area contributed by atoms with Crippen LogP contribution in [-0.2, 0) is 31.6 Å². The van der Waals surface area contributed by atoms with E-state index in [2.05, 4.69) is 4.57 Å². The number of methoxy groups -OCH3 is 1. The van der Waals surface area contributed by atoms with Crippen molar-refractivity contribution in [1.29, 1.82) is 0 Å². The van der Waals surface area contributed by atoms with Gasteiger partial charge in [0.05, 0.1) is 21.6 Å². The fraction of sp³-hybridized carbons (Fsp3) is 0.480. The Morgan fingerprint density at radius 1 is 1.22 bits per heavy atom. The molecule has 194 valence electrons. The quantitative estimate of drug-likeness (QED) is 0.304. The van der Waals surface area contributed by atoms with Gasteiger partial charge in [-0.2, -0.15) is 0 Å². The zero-order chi connectivity index (χ0) is 26.1. The number of hydrogen-bond donors (Lipinski definition) is 0. The summed E-state index contributed by atoms with van der Waals surface area (Å²) in [5, 5.41) is 11.5. The normalized spacial score (nSPS) is 15.3. The molecule has 1 aliphatic rings. The number of rotatable bonds is 9. The fourth-order valence-electron chi connectivity index (χ4n) is 4.63. The van der Waals surface area contributed by atoms with Gasteiger partial charge >= 0.3 is 0 Å². The monoisotopic (exact) mass is 516 g/mol. The lowest BCUT2D eigenvalue weighted by Gasteiger charge is -2.27. The van der Waals surface area contributed by atoms with Crippen molar-refractivity contribution in [3.05, 3.63) is 58.4 Å². The Labute approximate surface area is 211 Å². The Morgan fingerprint density at radius 2 is 1.92 bits per heavy atom. The summed E-state index contributed by atoms with van der Waals surface area (Å²) < 4.78 is 41.7. The van der Waals surface area contributed by atoms with Crippen molar-refractivity contribution < 1.29 is 22.8 Å². The minimum absolute atomic E-state index is 0.0963. The number of nitrogens with zero attached hydrogens (tertiary/aromatic N) is 4. The number of benzene rings is 2. The van der Waals surface area contributed by atoms with Crippen LogP contribution in [0.4, 0.5) is 11.4 Å². The van der Waals surface area contributed by atoms with Crippen molar-refractivity contribution in [3.8, 4) is 0 Å². The highest BCUT2D eigenvalue weighted by molar-refractivity contribution is 7.93. The van der Waals surface area contributed by atoms with E-state index in [-0.39, 0.29) is 11.4 Å². The second-order valence-corrected chi connectivity index (χ2v) is 11.2. The van der Waals surface area contributed by atoms with Crippen LogP contribution >= 0.6 is 0 Å². The van der Waals surface area contributed by atoms with Crippen LogP contribution in [0.2, 0.25) is 0 Å². The van der Waals surface area contributed by atoms with Crippen LogP contribution in [0.15, 0.2) is 47.4 Å². The highest BCUT2D eigenvalue weighted by Crippen LogP contribution is 2.34. The van der Waals surface area contributed by atoms with Crippen molar-refractivity contribution in [1.82, 2.24) is 9.55 Å². The Hall–Kier alpha value is -3.02. The number of aromatic nitrogens is 2. The molecule has 0 radical (unpaired) electrons. The third-order valence-electron chi connectivity index (χ3n) is 6.77. The number of anilines is 1. The van der Waals surface area contributed by atoms with E-state index in [4.69, 9.17) is 14.5 Å². The molecule has 0 bridgehead atoms. The third kappa shape index (κ3) is 4.82. The number of fused-ring (bicyclic) bond motifs is 1. The standard InChI is InChI=1S/C25H32N4O6S/c1-5-28(36(32,33)23-9-7-6-8-22(23)29(30)31)19-10-11-21-20(16-19)26-24(25(2,3)34-4)27(21)17-18-12-14-35-15-13-18/h6-11,16,18H,5,12-15,17H2,1-4H3. The lowest BCUT2D eigenvalue weighted by Crippen LogP contribution is -2.31. The summed E-state index contributed by atoms with van der Waals surface area (Å²) in [5.41, 5.74) is 0.786. The van der Waals surface area contributed by atoms with E-state index < -0.39 is 26.2 Å².